The Hall–Kier alpha value is -1.51. The molecule has 3 rings (SSSR count). The number of rotatable bonds is 2. The van der Waals surface area contributed by atoms with Crippen LogP contribution in [0, 0.1) is 10.8 Å². The molecule has 1 aliphatic carbocycles. The van der Waals surface area contributed by atoms with Crippen molar-refractivity contribution in [2.24, 2.45) is 10.8 Å². The van der Waals surface area contributed by atoms with E-state index in [1.807, 2.05) is 18.3 Å². The van der Waals surface area contributed by atoms with Crippen LogP contribution in [0.1, 0.15) is 47.0 Å². The standard InChI is InChI=1S/C17H24N2O/c1-16(2)9-12(10-17(3,4)11-16)19-15-13-6-8-20-14(13)5-7-18-15/h5-8,12H,9-11H2,1-4H3,(H,18,19). The fraction of sp³-hybridized carbons (Fsp3) is 0.588. The Bertz CT molecular complexity index is 596. The summed E-state index contributed by atoms with van der Waals surface area (Å²) in [4.78, 5) is 4.50. The minimum Gasteiger partial charge on any atom is -0.464 e. The molecule has 0 spiro atoms. The van der Waals surface area contributed by atoms with Crippen molar-refractivity contribution in [1.82, 2.24) is 4.98 Å². The molecule has 108 valence electrons. The predicted octanol–water partition coefficient (Wildman–Crippen LogP) is 4.84. The first-order valence-electron chi connectivity index (χ1n) is 7.44. The second-order valence-corrected chi connectivity index (χ2v) is 7.75. The Balaban J connectivity index is 1.85. The summed E-state index contributed by atoms with van der Waals surface area (Å²) in [6.07, 6.45) is 7.19. The van der Waals surface area contributed by atoms with Crippen LogP contribution in [0.15, 0.2) is 29.0 Å². The quantitative estimate of drug-likeness (QED) is 0.849. The summed E-state index contributed by atoms with van der Waals surface area (Å²) < 4.78 is 5.45. The van der Waals surface area contributed by atoms with Gasteiger partial charge in [-0.05, 0) is 42.2 Å². The summed E-state index contributed by atoms with van der Waals surface area (Å²) in [6, 6.07) is 4.38. The van der Waals surface area contributed by atoms with Crippen LogP contribution in [0.2, 0.25) is 0 Å². The fourth-order valence-electron chi connectivity index (χ4n) is 4.15. The number of fused-ring (bicyclic) bond motifs is 1. The number of aromatic nitrogens is 1. The molecule has 0 atom stereocenters. The van der Waals surface area contributed by atoms with Gasteiger partial charge >= 0.3 is 0 Å². The number of furan rings is 1. The van der Waals surface area contributed by atoms with Crippen molar-refractivity contribution in [1.29, 1.82) is 0 Å². The summed E-state index contributed by atoms with van der Waals surface area (Å²) in [5, 5.41) is 4.73. The number of nitrogens with one attached hydrogen (secondary N) is 1. The molecule has 1 fully saturated rings. The van der Waals surface area contributed by atoms with Gasteiger partial charge in [-0.3, -0.25) is 0 Å². The van der Waals surface area contributed by atoms with Crippen LogP contribution >= 0.6 is 0 Å². The van der Waals surface area contributed by atoms with Gasteiger partial charge in [-0.1, -0.05) is 27.7 Å². The molecular formula is C17H24N2O. The van der Waals surface area contributed by atoms with E-state index in [1.165, 1.54) is 19.3 Å². The summed E-state index contributed by atoms with van der Waals surface area (Å²) in [5.41, 5.74) is 1.66. The largest absolute Gasteiger partial charge is 0.464 e. The van der Waals surface area contributed by atoms with Gasteiger partial charge in [-0.25, -0.2) is 4.98 Å². The SMILES string of the molecule is CC1(C)CC(Nc2nccc3occc23)CC(C)(C)C1. The van der Waals surface area contributed by atoms with E-state index >= 15 is 0 Å². The lowest BCUT2D eigenvalue weighted by Crippen LogP contribution is -2.40. The van der Waals surface area contributed by atoms with E-state index in [1.54, 1.807) is 6.26 Å². The zero-order valence-electron chi connectivity index (χ0n) is 12.9. The molecule has 0 unspecified atom stereocenters. The van der Waals surface area contributed by atoms with Gasteiger partial charge in [-0.15, -0.1) is 0 Å². The van der Waals surface area contributed by atoms with Gasteiger partial charge in [0, 0.05) is 12.2 Å². The molecule has 0 amide bonds. The minimum atomic E-state index is 0.379. The Morgan fingerprint density at radius 1 is 1.15 bits per heavy atom. The fourth-order valence-corrected chi connectivity index (χ4v) is 4.15. The van der Waals surface area contributed by atoms with Gasteiger partial charge in [0.05, 0.1) is 11.6 Å². The van der Waals surface area contributed by atoms with Crippen LogP contribution in [-0.4, -0.2) is 11.0 Å². The highest BCUT2D eigenvalue weighted by Crippen LogP contribution is 2.46. The van der Waals surface area contributed by atoms with Crippen molar-refractivity contribution < 1.29 is 4.42 Å². The Morgan fingerprint density at radius 2 is 1.85 bits per heavy atom. The molecule has 20 heavy (non-hydrogen) atoms. The lowest BCUT2D eigenvalue weighted by molar-refractivity contribution is 0.105. The lowest BCUT2D eigenvalue weighted by atomic mass is 9.63. The van der Waals surface area contributed by atoms with E-state index in [0.717, 1.165) is 16.8 Å². The highest BCUT2D eigenvalue weighted by molar-refractivity contribution is 5.87. The van der Waals surface area contributed by atoms with Gasteiger partial charge in [-0.2, -0.15) is 0 Å². The first-order valence-corrected chi connectivity index (χ1v) is 7.44. The molecule has 2 aromatic heterocycles. The van der Waals surface area contributed by atoms with Gasteiger partial charge in [0.2, 0.25) is 0 Å². The van der Waals surface area contributed by atoms with E-state index < -0.39 is 0 Å². The van der Waals surface area contributed by atoms with Crippen LogP contribution in [0.4, 0.5) is 5.82 Å². The molecule has 2 aromatic rings. The zero-order valence-corrected chi connectivity index (χ0v) is 12.9. The Labute approximate surface area is 120 Å². The summed E-state index contributed by atoms with van der Waals surface area (Å²) in [7, 11) is 0. The average molecular weight is 272 g/mol. The first-order chi connectivity index (χ1) is 9.35. The van der Waals surface area contributed by atoms with Crippen LogP contribution < -0.4 is 5.32 Å². The molecule has 0 saturated heterocycles. The second kappa shape index (κ2) is 4.51. The van der Waals surface area contributed by atoms with Crippen molar-refractivity contribution in [3.63, 3.8) is 0 Å². The number of anilines is 1. The van der Waals surface area contributed by atoms with E-state index in [4.69, 9.17) is 4.42 Å². The maximum absolute atomic E-state index is 5.45. The highest BCUT2D eigenvalue weighted by atomic mass is 16.3. The number of hydrogen-bond acceptors (Lipinski definition) is 3. The zero-order chi connectivity index (χ0) is 14.4. The summed E-state index contributed by atoms with van der Waals surface area (Å²) in [5.74, 6) is 0.953. The molecule has 1 N–H and O–H groups in total. The topological polar surface area (TPSA) is 38.1 Å². The van der Waals surface area contributed by atoms with Crippen molar-refractivity contribution in [2.75, 3.05) is 5.32 Å². The number of hydrogen-bond donors (Lipinski definition) is 1. The number of pyridine rings is 1. The van der Waals surface area contributed by atoms with Gasteiger partial charge in [0.1, 0.15) is 11.4 Å². The van der Waals surface area contributed by atoms with Gasteiger partial charge in [0.25, 0.3) is 0 Å². The predicted molar refractivity (Wildman–Crippen MR) is 82.8 cm³/mol. The smallest absolute Gasteiger partial charge is 0.139 e. The molecular weight excluding hydrogens is 248 g/mol. The monoisotopic (exact) mass is 272 g/mol. The Morgan fingerprint density at radius 3 is 2.55 bits per heavy atom. The van der Waals surface area contributed by atoms with Crippen LogP contribution in [0.25, 0.3) is 11.0 Å². The van der Waals surface area contributed by atoms with Crippen molar-refractivity contribution >= 4 is 16.8 Å². The Kier molecular flexibility index (Phi) is 3.03. The summed E-state index contributed by atoms with van der Waals surface area (Å²) in [6.45, 7) is 9.48. The molecule has 0 aromatic carbocycles. The third-order valence-corrected chi connectivity index (χ3v) is 4.28. The average Bonchev–Trinajstić information content (AvgIpc) is 2.73. The minimum absolute atomic E-state index is 0.379. The normalized spacial score (nSPS) is 22.0. The van der Waals surface area contributed by atoms with E-state index in [9.17, 15) is 0 Å². The third-order valence-electron chi connectivity index (χ3n) is 4.28. The highest BCUT2D eigenvalue weighted by Gasteiger charge is 2.38. The van der Waals surface area contributed by atoms with Crippen LogP contribution in [0.5, 0.6) is 0 Å². The molecule has 1 aliphatic rings. The van der Waals surface area contributed by atoms with Crippen LogP contribution in [0.3, 0.4) is 0 Å². The number of nitrogens with zero attached hydrogens (tertiary/aromatic N) is 1. The van der Waals surface area contributed by atoms with Crippen molar-refractivity contribution in [3.05, 3.63) is 24.6 Å². The molecule has 3 heteroatoms. The summed E-state index contributed by atoms with van der Waals surface area (Å²) >= 11 is 0. The van der Waals surface area contributed by atoms with Gasteiger partial charge in [0.15, 0.2) is 0 Å². The maximum Gasteiger partial charge on any atom is 0.139 e. The maximum atomic E-state index is 5.45. The first kappa shape index (κ1) is 13.5. The lowest BCUT2D eigenvalue weighted by Gasteiger charge is -2.45. The molecule has 3 nitrogen and oxygen atoms in total. The van der Waals surface area contributed by atoms with E-state index in [2.05, 4.69) is 38.0 Å². The van der Waals surface area contributed by atoms with Crippen molar-refractivity contribution in [2.45, 2.75) is 53.0 Å². The van der Waals surface area contributed by atoms with E-state index in [-0.39, 0.29) is 0 Å². The van der Waals surface area contributed by atoms with E-state index in [0.29, 0.717) is 16.9 Å². The molecule has 2 heterocycles. The second-order valence-electron chi connectivity index (χ2n) is 7.75. The molecule has 0 radical (unpaired) electrons. The molecule has 1 saturated carbocycles. The van der Waals surface area contributed by atoms with Crippen molar-refractivity contribution in [3.8, 4) is 0 Å². The third kappa shape index (κ3) is 2.67. The van der Waals surface area contributed by atoms with Gasteiger partial charge < -0.3 is 9.73 Å². The molecule has 0 bridgehead atoms. The molecule has 0 aliphatic heterocycles. The van der Waals surface area contributed by atoms with Crippen LogP contribution in [-0.2, 0) is 0 Å².